The molecular weight excluding hydrogens is 412 g/mol. The van der Waals surface area contributed by atoms with Crippen LogP contribution in [0.2, 0.25) is 0 Å². The lowest BCUT2D eigenvalue weighted by Crippen LogP contribution is -2.15. The van der Waals surface area contributed by atoms with Gasteiger partial charge in [0.1, 0.15) is 5.82 Å². The standard InChI is InChI=1S/C27H24N4O2/c32-22-13-7-12-21-25(22)27(29-20-10-5-2-6-11-20)26(30-21)19-14-15-28-23(17-19)31-24(33)16-18-8-3-1-4-9-18/h1-6,8-11,14-15,17,29-30H,7,12-13,16H2,(H,28,31,33). The van der Waals surface area contributed by atoms with Crippen LogP contribution in [0.25, 0.3) is 11.3 Å². The van der Waals surface area contributed by atoms with E-state index < -0.39 is 0 Å². The number of aromatic amines is 1. The van der Waals surface area contributed by atoms with E-state index in [1.54, 1.807) is 6.20 Å². The van der Waals surface area contributed by atoms with Crippen LogP contribution in [0.4, 0.5) is 17.2 Å². The predicted molar refractivity (Wildman–Crippen MR) is 130 cm³/mol. The van der Waals surface area contributed by atoms with Gasteiger partial charge in [-0.05, 0) is 42.7 Å². The van der Waals surface area contributed by atoms with Crippen molar-refractivity contribution >= 4 is 28.9 Å². The van der Waals surface area contributed by atoms with E-state index >= 15 is 0 Å². The molecule has 1 amide bonds. The fourth-order valence-corrected chi connectivity index (χ4v) is 4.23. The number of H-pyrrole nitrogens is 1. The Kier molecular flexibility index (Phi) is 5.72. The maximum absolute atomic E-state index is 12.8. The fourth-order valence-electron chi connectivity index (χ4n) is 4.23. The molecule has 1 aliphatic rings. The van der Waals surface area contributed by atoms with Crippen molar-refractivity contribution in [3.63, 3.8) is 0 Å². The lowest BCUT2D eigenvalue weighted by atomic mass is 9.95. The summed E-state index contributed by atoms with van der Waals surface area (Å²) >= 11 is 0. The zero-order chi connectivity index (χ0) is 22.6. The van der Waals surface area contributed by atoms with E-state index in [1.165, 1.54) is 0 Å². The fraction of sp³-hybridized carbons (Fsp3) is 0.148. The van der Waals surface area contributed by atoms with Crippen LogP contribution in [-0.2, 0) is 17.6 Å². The molecule has 6 heteroatoms. The van der Waals surface area contributed by atoms with E-state index in [0.717, 1.165) is 52.3 Å². The SMILES string of the molecule is O=C(Cc1ccccc1)Nc1cc(-c2[nH]c3c(c2Nc2ccccc2)C(=O)CCC3)ccn1. The van der Waals surface area contributed by atoms with Crippen molar-refractivity contribution in [1.29, 1.82) is 0 Å². The number of nitrogens with one attached hydrogen (secondary N) is 3. The van der Waals surface area contributed by atoms with Crippen molar-refractivity contribution in [2.45, 2.75) is 25.7 Å². The molecule has 6 nitrogen and oxygen atoms in total. The Balaban J connectivity index is 1.46. The molecule has 0 saturated heterocycles. The third-order valence-corrected chi connectivity index (χ3v) is 5.75. The molecule has 0 aliphatic heterocycles. The number of carbonyl (C=O) groups excluding carboxylic acids is 2. The molecule has 4 aromatic rings. The average Bonchev–Trinajstić information content (AvgIpc) is 3.20. The monoisotopic (exact) mass is 436 g/mol. The van der Waals surface area contributed by atoms with Gasteiger partial charge in [0.05, 0.1) is 23.4 Å². The number of para-hydroxylation sites is 1. The third kappa shape index (κ3) is 4.55. The Labute approximate surface area is 192 Å². The Morgan fingerprint density at radius 3 is 2.52 bits per heavy atom. The van der Waals surface area contributed by atoms with Gasteiger partial charge in [-0.25, -0.2) is 4.98 Å². The number of rotatable bonds is 6. The van der Waals surface area contributed by atoms with Crippen molar-refractivity contribution in [3.05, 3.63) is 95.8 Å². The van der Waals surface area contributed by atoms with Gasteiger partial charge in [-0.3, -0.25) is 9.59 Å². The van der Waals surface area contributed by atoms with Crippen LogP contribution in [0.3, 0.4) is 0 Å². The summed E-state index contributed by atoms with van der Waals surface area (Å²) in [5.74, 6) is 0.482. The number of ketones is 1. The van der Waals surface area contributed by atoms with Gasteiger partial charge in [0.15, 0.2) is 5.78 Å². The Bertz CT molecular complexity index is 1300. The summed E-state index contributed by atoms with van der Waals surface area (Å²) in [5.41, 5.74) is 5.97. The summed E-state index contributed by atoms with van der Waals surface area (Å²) in [5, 5.41) is 6.33. The van der Waals surface area contributed by atoms with Crippen LogP contribution >= 0.6 is 0 Å². The highest BCUT2D eigenvalue weighted by Crippen LogP contribution is 2.39. The number of anilines is 3. The first-order valence-corrected chi connectivity index (χ1v) is 11.1. The topological polar surface area (TPSA) is 86.9 Å². The van der Waals surface area contributed by atoms with E-state index in [1.807, 2.05) is 72.8 Å². The van der Waals surface area contributed by atoms with Gasteiger partial charge >= 0.3 is 0 Å². The van der Waals surface area contributed by atoms with E-state index in [9.17, 15) is 9.59 Å². The van der Waals surface area contributed by atoms with Gasteiger partial charge in [-0.2, -0.15) is 0 Å². The number of hydrogen-bond donors (Lipinski definition) is 3. The molecule has 3 N–H and O–H groups in total. The third-order valence-electron chi connectivity index (χ3n) is 5.75. The van der Waals surface area contributed by atoms with Crippen molar-refractivity contribution in [2.24, 2.45) is 0 Å². The predicted octanol–water partition coefficient (Wildman–Crippen LogP) is 5.52. The van der Waals surface area contributed by atoms with Crippen LogP contribution in [0.5, 0.6) is 0 Å². The number of Topliss-reactive ketones (excluding diaryl/α,β-unsaturated/α-hetero) is 1. The van der Waals surface area contributed by atoms with E-state index in [2.05, 4.69) is 20.6 Å². The lowest BCUT2D eigenvalue weighted by Gasteiger charge is -2.14. The maximum Gasteiger partial charge on any atom is 0.229 e. The Morgan fingerprint density at radius 1 is 0.970 bits per heavy atom. The van der Waals surface area contributed by atoms with Crippen molar-refractivity contribution in [3.8, 4) is 11.3 Å². The Hall–Kier alpha value is -4.19. The van der Waals surface area contributed by atoms with E-state index in [0.29, 0.717) is 12.2 Å². The highest BCUT2D eigenvalue weighted by Gasteiger charge is 2.27. The molecule has 0 radical (unpaired) electrons. The van der Waals surface area contributed by atoms with Crippen molar-refractivity contribution in [1.82, 2.24) is 9.97 Å². The van der Waals surface area contributed by atoms with Gasteiger partial charge in [0.2, 0.25) is 5.91 Å². The first-order chi connectivity index (χ1) is 16.2. The molecule has 1 aliphatic carbocycles. The summed E-state index contributed by atoms with van der Waals surface area (Å²) < 4.78 is 0. The first kappa shape index (κ1) is 20.7. The minimum Gasteiger partial charge on any atom is -0.356 e. The summed E-state index contributed by atoms with van der Waals surface area (Å²) in [7, 11) is 0. The largest absolute Gasteiger partial charge is 0.356 e. The second-order valence-electron chi connectivity index (χ2n) is 8.14. The molecule has 5 rings (SSSR count). The first-order valence-electron chi connectivity index (χ1n) is 11.1. The number of benzene rings is 2. The van der Waals surface area contributed by atoms with Gasteiger partial charge in [-0.1, -0.05) is 48.5 Å². The summed E-state index contributed by atoms with van der Waals surface area (Å²) in [6.07, 6.45) is 4.16. The molecular formula is C27H24N4O2. The Morgan fingerprint density at radius 2 is 1.73 bits per heavy atom. The minimum atomic E-state index is -0.130. The highest BCUT2D eigenvalue weighted by atomic mass is 16.1. The number of amides is 1. The number of fused-ring (bicyclic) bond motifs is 1. The van der Waals surface area contributed by atoms with Gasteiger partial charge in [0.25, 0.3) is 0 Å². The highest BCUT2D eigenvalue weighted by molar-refractivity contribution is 6.07. The molecule has 33 heavy (non-hydrogen) atoms. The number of hydrogen-bond acceptors (Lipinski definition) is 4. The number of pyridine rings is 1. The van der Waals surface area contributed by atoms with Crippen LogP contribution in [0.15, 0.2) is 79.0 Å². The number of nitrogens with zero attached hydrogens (tertiary/aromatic N) is 1. The van der Waals surface area contributed by atoms with Gasteiger partial charge in [0, 0.05) is 29.6 Å². The van der Waals surface area contributed by atoms with Crippen molar-refractivity contribution < 1.29 is 9.59 Å². The molecule has 164 valence electrons. The van der Waals surface area contributed by atoms with Crippen LogP contribution in [-0.4, -0.2) is 21.7 Å². The molecule has 0 unspecified atom stereocenters. The molecule has 0 spiro atoms. The molecule has 0 bridgehead atoms. The zero-order valence-electron chi connectivity index (χ0n) is 18.1. The van der Waals surface area contributed by atoms with E-state index in [4.69, 9.17) is 0 Å². The zero-order valence-corrected chi connectivity index (χ0v) is 18.1. The minimum absolute atomic E-state index is 0.130. The maximum atomic E-state index is 12.8. The molecule has 2 heterocycles. The molecule has 0 saturated carbocycles. The average molecular weight is 437 g/mol. The van der Waals surface area contributed by atoms with Crippen LogP contribution in [0.1, 0.15) is 34.5 Å². The second-order valence-corrected chi connectivity index (χ2v) is 8.14. The number of aryl methyl sites for hydroxylation is 1. The van der Waals surface area contributed by atoms with Crippen LogP contribution < -0.4 is 10.6 Å². The van der Waals surface area contributed by atoms with Crippen molar-refractivity contribution in [2.75, 3.05) is 10.6 Å². The van der Waals surface area contributed by atoms with Crippen LogP contribution in [0, 0.1) is 0 Å². The smallest absolute Gasteiger partial charge is 0.229 e. The number of carbonyl (C=O) groups is 2. The molecule has 2 aromatic carbocycles. The summed E-state index contributed by atoms with van der Waals surface area (Å²) in [4.78, 5) is 33.1. The quantitative estimate of drug-likeness (QED) is 0.371. The lowest BCUT2D eigenvalue weighted by molar-refractivity contribution is -0.115. The van der Waals surface area contributed by atoms with Gasteiger partial charge in [-0.15, -0.1) is 0 Å². The summed E-state index contributed by atoms with van der Waals surface area (Å²) in [6.45, 7) is 0. The molecule has 0 atom stereocenters. The number of aromatic nitrogens is 2. The normalized spacial score (nSPS) is 12.8. The second kappa shape index (κ2) is 9.12. The molecule has 0 fully saturated rings. The van der Waals surface area contributed by atoms with E-state index in [-0.39, 0.29) is 18.1 Å². The van der Waals surface area contributed by atoms with Gasteiger partial charge < -0.3 is 15.6 Å². The summed E-state index contributed by atoms with van der Waals surface area (Å²) in [6, 6.07) is 23.1. The molecule has 2 aromatic heterocycles.